The van der Waals surface area contributed by atoms with Gasteiger partial charge in [-0.2, -0.15) is 8.42 Å². The van der Waals surface area contributed by atoms with Crippen LogP contribution in [0.4, 0.5) is 0 Å². The zero-order valence-corrected chi connectivity index (χ0v) is 11.6. The standard InChI is InChI=1S/C10H14N2O3S2/c1-7-6-12-9(4-5-15-17(3,13)14)8(2)16-10(12)11-7/h6H,4-5H2,1-3H3. The fraction of sp³-hybridized carbons (Fsp3) is 0.500. The number of aromatic nitrogens is 2. The Morgan fingerprint density at radius 2 is 2.18 bits per heavy atom. The summed E-state index contributed by atoms with van der Waals surface area (Å²) in [4.78, 5) is 6.46. The molecule has 0 aliphatic carbocycles. The third-order valence-corrected chi connectivity index (χ3v) is 3.98. The molecule has 2 aromatic heterocycles. The Bertz CT molecular complexity index is 640. The lowest BCUT2D eigenvalue weighted by atomic mass is 10.3. The van der Waals surface area contributed by atoms with Gasteiger partial charge >= 0.3 is 0 Å². The van der Waals surface area contributed by atoms with Gasteiger partial charge in [0.05, 0.1) is 18.6 Å². The average Bonchev–Trinajstić information content (AvgIpc) is 2.62. The van der Waals surface area contributed by atoms with Crippen LogP contribution in [0.15, 0.2) is 6.20 Å². The van der Waals surface area contributed by atoms with Crippen LogP contribution in [-0.4, -0.2) is 30.7 Å². The number of nitrogens with zero attached hydrogens (tertiary/aromatic N) is 2. The second-order valence-electron chi connectivity index (χ2n) is 3.92. The smallest absolute Gasteiger partial charge is 0.264 e. The Kier molecular flexibility index (Phi) is 3.24. The van der Waals surface area contributed by atoms with Crippen LogP contribution in [0, 0.1) is 13.8 Å². The fourth-order valence-corrected chi connectivity index (χ4v) is 3.12. The van der Waals surface area contributed by atoms with Crippen molar-refractivity contribution in [2.24, 2.45) is 0 Å². The van der Waals surface area contributed by atoms with Crippen LogP contribution in [0.3, 0.4) is 0 Å². The third kappa shape index (κ3) is 2.85. The topological polar surface area (TPSA) is 60.7 Å². The average molecular weight is 274 g/mol. The molecule has 94 valence electrons. The van der Waals surface area contributed by atoms with Crippen molar-refractivity contribution in [3.05, 3.63) is 22.5 Å². The lowest BCUT2D eigenvalue weighted by Crippen LogP contribution is -2.07. The lowest BCUT2D eigenvalue weighted by molar-refractivity contribution is 0.324. The van der Waals surface area contributed by atoms with Gasteiger partial charge in [-0.25, -0.2) is 4.98 Å². The Morgan fingerprint density at radius 1 is 1.47 bits per heavy atom. The van der Waals surface area contributed by atoms with Crippen molar-refractivity contribution in [1.82, 2.24) is 9.38 Å². The van der Waals surface area contributed by atoms with Crippen molar-refractivity contribution >= 4 is 26.4 Å². The van der Waals surface area contributed by atoms with Gasteiger partial charge < -0.3 is 0 Å². The third-order valence-electron chi connectivity index (χ3n) is 2.37. The maximum absolute atomic E-state index is 10.9. The lowest BCUT2D eigenvalue weighted by Gasteiger charge is -2.02. The van der Waals surface area contributed by atoms with Crippen molar-refractivity contribution in [2.75, 3.05) is 12.9 Å². The molecule has 2 aromatic rings. The molecular formula is C10H14N2O3S2. The minimum atomic E-state index is -3.36. The molecule has 0 saturated carbocycles. The first kappa shape index (κ1) is 12.5. The van der Waals surface area contributed by atoms with Crippen molar-refractivity contribution < 1.29 is 12.6 Å². The van der Waals surface area contributed by atoms with Gasteiger partial charge in [-0.15, -0.1) is 11.3 Å². The number of thiazole rings is 1. The predicted molar refractivity (Wildman–Crippen MR) is 67.0 cm³/mol. The summed E-state index contributed by atoms with van der Waals surface area (Å²) in [6.07, 6.45) is 3.58. The molecule has 2 rings (SSSR count). The summed E-state index contributed by atoms with van der Waals surface area (Å²) in [6, 6.07) is 0. The van der Waals surface area contributed by atoms with Crippen LogP contribution in [-0.2, 0) is 20.7 Å². The first-order valence-corrected chi connectivity index (χ1v) is 7.78. The fourth-order valence-electron chi connectivity index (χ4n) is 1.69. The van der Waals surface area contributed by atoms with Gasteiger partial charge in [0.1, 0.15) is 0 Å². The van der Waals surface area contributed by atoms with E-state index in [1.54, 1.807) is 11.3 Å². The van der Waals surface area contributed by atoms with Gasteiger partial charge in [0, 0.05) is 23.2 Å². The van der Waals surface area contributed by atoms with Crippen molar-refractivity contribution in [3.63, 3.8) is 0 Å². The van der Waals surface area contributed by atoms with E-state index in [0.717, 1.165) is 27.5 Å². The highest BCUT2D eigenvalue weighted by Crippen LogP contribution is 2.23. The zero-order chi connectivity index (χ0) is 12.6. The summed E-state index contributed by atoms with van der Waals surface area (Å²) in [7, 11) is -3.36. The van der Waals surface area contributed by atoms with Gasteiger partial charge in [0.25, 0.3) is 10.1 Å². The maximum atomic E-state index is 10.9. The van der Waals surface area contributed by atoms with E-state index < -0.39 is 10.1 Å². The maximum Gasteiger partial charge on any atom is 0.264 e. The predicted octanol–water partition coefficient (Wildman–Crippen LogP) is 1.53. The highest BCUT2D eigenvalue weighted by atomic mass is 32.2. The summed E-state index contributed by atoms with van der Waals surface area (Å²) in [5.74, 6) is 0. The SMILES string of the molecule is Cc1cn2c(CCOS(C)(=O)=O)c(C)sc2n1. The Hall–Kier alpha value is -0.920. The highest BCUT2D eigenvalue weighted by molar-refractivity contribution is 7.85. The number of fused-ring (bicyclic) bond motifs is 1. The summed E-state index contributed by atoms with van der Waals surface area (Å²) in [5, 5.41) is 0. The van der Waals surface area contributed by atoms with Crippen molar-refractivity contribution in [1.29, 1.82) is 0 Å². The van der Waals surface area contributed by atoms with Crippen LogP contribution in [0.2, 0.25) is 0 Å². The van der Waals surface area contributed by atoms with Gasteiger partial charge in [-0.3, -0.25) is 8.58 Å². The second-order valence-corrected chi connectivity index (χ2v) is 6.74. The van der Waals surface area contributed by atoms with Gasteiger partial charge in [-0.1, -0.05) is 0 Å². The number of hydrogen-bond donors (Lipinski definition) is 0. The Labute approximate surface area is 104 Å². The van der Waals surface area contributed by atoms with Crippen LogP contribution >= 0.6 is 11.3 Å². The molecule has 0 unspecified atom stereocenters. The van der Waals surface area contributed by atoms with Gasteiger partial charge in [-0.05, 0) is 13.8 Å². The molecule has 7 heteroatoms. The van der Waals surface area contributed by atoms with Crippen LogP contribution in [0.25, 0.3) is 4.96 Å². The minimum absolute atomic E-state index is 0.169. The summed E-state index contributed by atoms with van der Waals surface area (Å²) in [5.41, 5.74) is 2.02. The van der Waals surface area contributed by atoms with E-state index >= 15 is 0 Å². The zero-order valence-electron chi connectivity index (χ0n) is 9.93. The first-order valence-electron chi connectivity index (χ1n) is 5.15. The number of rotatable bonds is 4. The summed E-state index contributed by atoms with van der Waals surface area (Å²) >= 11 is 1.60. The van der Waals surface area contributed by atoms with E-state index in [-0.39, 0.29) is 6.61 Å². The molecule has 17 heavy (non-hydrogen) atoms. The highest BCUT2D eigenvalue weighted by Gasteiger charge is 2.11. The summed E-state index contributed by atoms with van der Waals surface area (Å²) < 4.78 is 28.5. The molecule has 5 nitrogen and oxygen atoms in total. The van der Waals surface area contributed by atoms with Gasteiger partial charge in [0.2, 0.25) is 0 Å². The van der Waals surface area contributed by atoms with Crippen molar-refractivity contribution in [3.8, 4) is 0 Å². The number of aryl methyl sites for hydroxylation is 2. The van der Waals surface area contributed by atoms with Crippen molar-refractivity contribution in [2.45, 2.75) is 20.3 Å². The molecule has 0 aliphatic rings. The monoisotopic (exact) mass is 274 g/mol. The molecule has 0 aromatic carbocycles. The van der Waals surface area contributed by atoms with E-state index in [9.17, 15) is 8.42 Å². The molecule has 0 fully saturated rings. The minimum Gasteiger partial charge on any atom is -0.294 e. The molecule has 0 atom stereocenters. The van der Waals surface area contributed by atoms with Gasteiger partial charge in [0.15, 0.2) is 4.96 Å². The molecule has 0 bridgehead atoms. The second kappa shape index (κ2) is 4.40. The van der Waals surface area contributed by atoms with E-state index in [2.05, 4.69) is 4.98 Å². The molecule has 0 spiro atoms. The number of imidazole rings is 1. The Balaban J connectivity index is 2.20. The van der Waals surface area contributed by atoms with E-state index in [1.807, 2.05) is 24.4 Å². The summed E-state index contributed by atoms with van der Waals surface area (Å²) in [6.45, 7) is 4.11. The van der Waals surface area contributed by atoms with Crippen LogP contribution in [0.1, 0.15) is 16.3 Å². The first-order chi connectivity index (χ1) is 7.87. The quantitative estimate of drug-likeness (QED) is 0.793. The van der Waals surface area contributed by atoms with E-state index in [1.165, 1.54) is 0 Å². The molecule has 0 N–H and O–H groups in total. The van der Waals surface area contributed by atoms with Crippen LogP contribution in [0.5, 0.6) is 0 Å². The number of hydrogen-bond acceptors (Lipinski definition) is 5. The normalized spacial score (nSPS) is 12.4. The molecule has 0 aliphatic heterocycles. The molecular weight excluding hydrogens is 260 g/mol. The molecule has 0 radical (unpaired) electrons. The van der Waals surface area contributed by atoms with E-state index in [0.29, 0.717) is 6.42 Å². The molecule has 2 heterocycles. The largest absolute Gasteiger partial charge is 0.294 e. The molecule has 0 saturated heterocycles. The molecule has 0 amide bonds. The Morgan fingerprint density at radius 3 is 2.82 bits per heavy atom. The van der Waals surface area contributed by atoms with E-state index in [4.69, 9.17) is 4.18 Å². The van der Waals surface area contributed by atoms with Crippen LogP contribution < -0.4 is 0 Å².